The van der Waals surface area contributed by atoms with Gasteiger partial charge in [0.05, 0.1) is 0 Å². The normalized spacial score (nSPS) is 12.8. The van der Waals surface area contributed by atoms with E-state index in [0.717, 1.165) is 12.3 Å². The van der Waals surface area contributed by atoms with E-state index in [2.05, 4.69) is 31.2 Å². The molecule has 0 saturated heterocycles. The lowest BCUT2D eigenvalue weighted by Gasteiger charge is -2.07. The summed E-state index contributed by atoms with van der Waals surface area (Å²) < 4.78 is 0. The van der Waals surface area contributed by atoms with Crippen molar-refractivity contribution < 1.29 is 0 Å². The van der Waals surface area contributed by atoms with Crippen LogP contribution < -0.4 is 5.73 Å². The molecular formula is C10H15NS. The Morgan fingerprint density at radius 1 is 1.33 bits per heavy atom. The van der Waals surface area contributed by atoms with Crippen molar-refractivity contribution in [2.45, 2.75) is 17.9 Å². The lowest BCUT2D eigenvalue weighted by molar-refractivity contribution is 0.951. The second-order valence-corrected chi connectivity index (χ2v) is 4.27. The first-order valence-electron chi connectivity index (χ1n) is 4.18. The van der Waals surface area contributed by atoms with Crippen LogP contribution in [0.2, 0.25) is 0 Å². The Morgan fingerprint density at radius 2 is 2.00 bits per heavy atom. The maximum absolute atomic E-state index is 5.52. The largest absolute Gasteiger partial charge is 0.329 e. The van der Waals surface area contributed by atoms with Crippen molar-refractivity contribution in [3.05, 3.63) is 35.9 Å². The molecule has 0 radical (unpaired) electrons. The lowest BCUT2D eigenvalue weighted by atomic mass is 10.2. The minimum Gasteiger partial charge on any atom is -0.329 e. The molecule has 2 N–H and O–H groups in total. The summed E-state index contributed by atoms with van der Waals surface area (Å²) in [6.45, 7) is 2.92. The van der Waals surface area contributed by atoms with Crippen molar-refractivity contribution in [2.75, 3.05) is 6.54 Å². The number of thioether (sulfide) groups is 1. The van der Waals surface area contributed by atoms with Crippen molar-refractivity contribution in [1.82, 2.24) is 0 Å². The lowest BCUT2D eigenvalue weighted by Crippen LogP contribution is -2.12. The van der Waals surface area contributed by atoms with Gasteiger partial charge in [-0.2, -0.15) is 11.8 Å². The molecule has 0 saturated carbocycles. The monoisotopic (exact) mass is 181 g/mol. The molecule has 2 heteroatoms. The van der Waals surface area contributed by atoms with Crippen LogP contribution in [0.5, 0.6) is 0 Å². The van der Waals surface area contributed by atoms with Crippen molar-refractivity contribution >= 4 is 11.8 Å². The molecule has 0 spiro atoms. The molecule has 0 amide bonds. The van der Waals surface area contributed by atoms with E-state index in [4.69, 9.17) is 5.73 Å². The van der Waals surface area contributed by atoms with Gasteiger partial charge in [0.2, 0.25) is 0 Å². The third kappa shape index (κ3) is 3.28. The second kappa shape index (κ2) is 5.22. The van der Waals surface area contributed by atoms with E-state index < -0.39 is 0 Å². The Morgan fingerprint density at radius 3 is 2.58 bits per heavy atom. The van der Waals surface area contributed by atoms with Gasteiger partial charge in [-0.05, 0) is 5.56 Å². The smallest absolute Gasteiger partial charge is 0.0187 e. The van der Waals surface area contributed by atoms with Gasteiger partial charge < -0.3 is 5.73 Å². The van der Waals surface area contributed by atoms with Crippen LogP contribution in [0.4, 0.5) is 0 Å². The first kappa shape index (κ1) is 9.62. The average molecular weight is 181 g/mol. The topological polar surface area (TPSA) is 26.0 Å². The standard InChI is InChI=1S/C10H15NS/c1-9(7-11)12-8-10-5-3-2-4-6-10/h2-6,9H,7-8,11H2,1H3. The molecule has 0 heterocycles. The molecule has 12 heavy (non-hydrogen) atoms. The molecule has 0 bridgehead atoms. The van der Waals surface area contributed by atoms with E-state index in [1.54, 1.807) is 0 Å². The summed E-state index contributed by atoms with van der Waals surface area (Å²) in [5, 5.41) is 0.560. The molecule has 66 valence electrons. The van der Waals surface area contributed by atoms with Crippen molar-refractivity contribution in [3.8, 4) is 0 Å². The zero-order valence-electron chi connectivity index (χ0n) is 7.36. The minimum atomic E-state index is 0.560. The molecule has 0 aromatic heterocycles. The number of rotatable bonds is 4. The highest BCUT2D eigenvalue weighted by atomic mass is 32.2. The van der Waals surface area contributed by atoms with Gasteiger partial charge >= 0.3 is 0 Å². The summed E-state index contributed by atoms with van der Waals surface area (Å²) in [7, 11) is 0. The zero-order valence-corrected chi connectivity index (χ0v) is 8.18. The van der Waals surface area contributed by atoms with Gasteiger partial charge in [-0.25, -0.2) is 0 Å². The van der Waals surface area contributed by atoms with Gasteiger partial charge in [-0.15, -0.1) is 0 Å². The summed E-state index contributed by atoms with van der Waals surface area (Å²) in [5.41, 5.74) is 6.89. The summed E-state index contributed by atoms with van der Waals surface area (Å²) in [5.74, 6) is 1.07. The van der Waals surface area contributed by atoms with Gasteiger partial charge in [0.1, 0.15) is 0 Å². The third-order valence-corrected chi connectivity index (χ3v) is 2.97. The summed E-state index contributed by atoms with van der Waals surface area (Å²) in [6, 6.07) is 10.5. The van der Waals surface area contributed by atoms with Gasteiger partial charge in [0.15, 0.2) is 0 Å². The summed E-state index contributed by atoms with van der Waals surface area (Å²) >= 11 is 1.90. The first-order valence-corrected chi connectivity index (χ1v) is 5.23. The molecule has 0 aliphatic heterocycles. The highest BCUT2D eigenvalue weighted by Crippen LogP contribution is 2.15. The molecule has 0 aliphatic rings. The third-order valence-electron chi connectivity index (χ3n) is 1.71. The first-order chi connectivity index (χ1) is 5.83. The van der Waals surface area contributed by atoms with Crippen molar-refractivity contribution in [3.63, 3.8) is 0 Å². The predicted octanol–water partition coefficient (Wildman–Crippen LogP) is 2.27. The molecule has 1 nitrogen and oxygen atoms in total. The fraction of sp³-hybridized carbons (Fsp3) is 0.400. The van der Waals surface area contributed by atoms with E-state index in [9.17, 15) is 0 Å². The molecule has 0 aliphatic carbocycles. The van der Waals surface area contributed by atoms with Crippen LogP contribution in [0.1, 0.15) is 12.5 Å². The van der Waals surface area contributed by atoms with E-state index >= 15 is 0 Å². The summed E-state index contributed by atoms with van der Waals surface area (Å²) in [6.07, 6.45) is 0. The Hall–Kier alpha value is -0.470. The van der Waals surface area contributed by atoms with Crippen molar-refractivity contribution in [2.24, 2.45) is 5.73 Å². The Bertz CT molecular complexity index is 210. The number of nitrogens with two attached hydrogens (primary N) is 1. The van der Waals surface area contributed by atoms with Crippen LogP contribution >= 0.6 is 11.8 Å². The second-order valence-electron chi connectivity index (χ2n) is 2.84. The Kier molecular flexibility index (Phi) is 4.19. The molecule has 0 fully saturated rings. The molecule has 1 aromatic rings. The van der Waals surface area contributed by atoms with E-state index in [0.29, 0.717) is 5.25 Å². The molecule has 1 aromatic carbocycles. The summed E-state index contributed by atoms with van der Waals surface area (Å²) in [4.78, 5) is 0. The highest BCUT2D eigenvalue weighted by molar-refractivity contribution is 7.99. The van der Waals surface area contributed by atoms with E-state index in [1.807, 2.05) is 17.8 Å². The average Bonchev–Trinajstić information content (AvgIpc) is 2.16. The molecule has 1 atom stereocenters. The zero-order chi connectivity index (χ0) is 8.81. The number of hydrogen-bond donors (Lipinski definition) is 1. The molecule has 1 rings (SSSR count). The Labute approximate surface area is 78.4 Å². The van der Waals surface area contributed by atoms with Crippen LogP contribution in [0.15, 0.2) is 30.3 Å². The van der Waals surface area contributed by atoms with Crippen LogP contribution in [0, 0.1) is 0 Å². The van der Waals surface area contributed by atoms with Gasteiger partial charge in [0.25, 0.3) is 0 Å². The maximum atomic E-state index is 5.52. The fourth-order valence-electron chi connectivity index (χ4n) is 0.881. The SMILES string of the molecule is CC(CN)SCc1ccccc1. The van der Waals surface area contributed by atoms with Crippen LogP contribution in [0.25, 0.3) is 0 Å². The van der Waals surface area contributed by atoms with E-state index in [1.165, 1.54) is 5.56 Å². The van der Waals surface area contributed by atoms with Gasteiger partial charge in [-0.1, -0.05) is 37.3 Å². The minimum absolute atomic E-state index is 0.560. The fourth-order valence-corrected chi connectivity index (χ4v) is 1.69. The molecule has 1 unspecified atom stereocenters. The van der Waals surface area contributed by atoms with Gasteiger partial charge in [-0.3, -0.25) is 0 Å². The maximum Gasteiger partial charge on any atom is 0.0187 e. The van der Waals surface area contributed by atoms with Gasteiger partial charge in [0, 0.05) is 17.5 Å². The van der Waals surface area contributed by atoms with Crippen LogP contribution in [-0.2, 0) is 5.75 Å². The number of hydrogen-bond acceptors (Lipinski definition) is 2. The van der Waals surface area contributed by atoms with Crippen LogP contribution in [0.3, 0.4) is 0 Å². The quantitative estimate of drug-likeness (QED) is 0.771. The van der Waals surface area contributed by atoms with Crippen molar-refractivity contribution in [1.29, 1.82) is 0 Å². The van der Waals surface area contributed by atoms with Crippen LogP contribution in [-0.4, -0.2) is 11.8 Å². The number of benzene rings is 1. The van der Waals surface area contributed by atoms with E-state index in [-0.39, 0.29) is 0 Å². The predicted molar refractivity (Wildman–Crippen MR) is 56.3 cm³/mol. The highest BCUT2D eigenvalue weighted by Gasteiger charge is 1.98. The molecular weight excluding hydrogens is 166 g/mol. The Balaban J connectivity index is 2.33.